The number of hydrogen-bond donors (Lipinski definition) is 3. The lowest BCUT2D eigenvalue weighted by molar-refractivity contribution is 0.404. The van der Waals surface area contributed by atoms with Gasteiger partial charge in [-0.15, -0.1) is 0 Å². The van der Waals surface area contributed by atoms with Crippen LogP contribution in [0.15, 0.2) is 0 Å². The molecule has 0 amide bonds. The largest absolute Gasteiger partial charge is 0.410 e. The molecule has 0 heterocycles. The van der Waals surface area contributed by atoms with Gasteiger partial charge in [0.05, 0.1) is 5.75 Å². The van der Waals surface area contributed by atoms with Crippen molar-refractivity contribution in [3.05, 3.63) is 0 Å². The van der Waals surface area contributed by atoms with Gasteiger partial charge in [-0.25, -0.2) is 0 Å². The Bertz CT molecular complexity index is 173. The molecule has 0 aliphatic rings. The van der Waals surface area contributed by atoms with Gasteiger partial charge in [0.25, 0.3) is 10.1 Å². The van der Waals surface area contributed by atoms with E-state index in [1.54, 1.807) is 0 Å². The van der Waals surface area contributed by atoms with Crippen molar-refractivity contribution in [2.45, 2.75) is 12.5 Å². The Balaban J connectivity index is 3.39. The highest BCUT2D eigenvalue weighted by molar-refractivity contribution is 7.85. The summed E-state index contributed by atoms with van der Waals surface area (Å²) in [7, 11) is -6.26. The molecule has 0 aliphatic heterocycles. The minimum Gasteiger partial charge on any atom is -0.410 e. The van der Waals surface area contributed by atoms with Gasteiger partial charge in [0.15, 0.2) is 0 Å². The highest BCUT2D eigenvalue weighted by atomic mass is 32.2. The Morgan fingerprint density at radius 2 is 1.80 bits per heavy atom. The van der Waals surface area contributed by atoms with Crippen molar-refractivity contribution < 1.29 is 22.6 Å². The predicted octanol–water partition coefficient (Wildman–Crippen LogP) is -1.26. The molecule has 7 heteroatoms. The Hall–Kier alpha value is 0.0469. The Kier molecular flexibility index (Phi) is 4.06. The van der Waals surface area contributed by atoms with Gasteiger partial charge in [0.2, 0.25) is 0 Å². The summed E-state index contributed by atoms with van der Waals surface area (Å²) in [5.74, 6) is -0.401. The van der Waals surface area contributed by atoms with E-state index < -0.39 is 25.2 Å². The van der Waals surface area contributed by atoms with Gasteiger partial charge < -0.3 is 9.59 Å². The molecule has 0 saturated carbocycles. The molecule has 10 heavy (non-hydrogen) atoms. The second-order valence-corrected chi connectivity index (χ2v) is 4.71. The van der Waals surface area contributed by atoms with E-state index in [2.05, 4.69) is 0 Å². The highest BCUT2D eigenvalue weighted by Crippen LogP contribution is 1.95. The van der Waals surface area contributed by atoms with E-state index in [4.69, 9.17) is 14.1 Å². The molecule has 0 fully saturated rings. The second kappa shape index (κ2) is 4.04. The first-order valence-corrected chi connectivity index (χ1v) is 5.82. The van der Waals surface area contributed by atoms with Crippen LogP contribution >= 0.6 is 0 Å². The van der Waals surface area contributed by atoms with Gasteiger partial charge in [-0.2, -0.15) is 8.42 Å². The van der Waals surface area contributed by atoms with Crippen LogP contribution in [0.1, 0.15) is 6.42 Å². The second-order valence-electron chi connectivity index (χ2n) is 1.81. The van der Waals surface area contributed by atoms with E-state index in [0.29, 0.717) is 0 Å². The molecule has 0 unspecified atom stereocenters. The van der Waals surface area contributed by atoms with Crippen molar-refractivity contribution in [3.8, 4) is 0 Å². The lowest BCUT2D eigenvalue weighted by Gasteiger charge is -1.96. The molecular weight excluding hydrogens is 176 g/mol. The SMILES string of the molecule is O=S(=O)(O)CCC[Si](O)O. The molecule has 5 nitrogen and oxygen atoms in total. The summed E-state index contributed by atoms with van der Waals surface area (Å²) in [6, 6.07) is 0.0600. The Labute approximate surface area is 60.9 Å². The maximum atomic E-state index is 10.0. The van der Waals surface area contributed by atoms with E-state index in [0.717, 1.165) is 0 Å². The smallest absolute Gasteiger partial charge is 0.378 e. The predicted molar refractivity (Wildman–Crippen MR) is 36.0 cm³/mol. The molecular formula is C3H9O5SSi. The van der Waals surface area contributed by atoms with Crippen molar-refractivity contribution in [3.63, 3.8) is 0 Å². The lowest BCUT2D eigenvalue weighted by Crippen LogP contribution is -2.13. The van der Waals surface area contributed by atoms with Crippen molar-refractivity contribution in [1.29, 1.82) is 0 Å². The number of rotatable bonds is 4. The first kappa shape index (κ1) is 10.0. The van der Waals surface area contributed by atoms with E-state index >= 15 is 0 Å². The lowest BCUT2D eigenvalue weighted by atomic mass is 10.6. The van der Waals surface area contributed by atoms with Crippen LogP contribution in [0, 0.1) is 0 Å². The highest BCUT2D eigenvalue weighted by Gasteiger charge is 2.08. The van der Waals surface area contributed by atoms with Gasteiger partial charge in [0.1, 0.15) is 0 Å². The average Bonchev–Trinajstić information content (AvgIpc) is 1.59. The Morgan fingerprint density at radius 3 is 2.10 bits per heavy atom. The van der Waals surface area contributed by atoms with Gasteiger partial charge in [-0.05, 0) is 12.5 Å². The maximum Gasteiger partial charge on any atom is 0.378 e. The molecule has 1 radical (unpaired) electrons. The standard InChI is InChI=1S/C3H9O5SSi/c4-9(5,6)2-1-3-10(7)8/h7-8H,1-3H2,(H,4,5,6). The van der Waals surface area contributed by atoms with E-state index in [9.17, 15) is 8.42 Å². The molecule has 61 valence electrons. The monoisotopic (exact) mass is 185 g/mol. The van der Waals surface area contributed by atoms with Crippen LogP contribution in [0.25, 0.3) is 0 Å². The summed E-state index contributed by atoms with van der Waals surface area (Å²) >= 11 is 0. The minimum atomic E-state index is -3.93. The maximum absolute atomic E-state index is 10.0. The van der Waals surface area contributed by atoms with Crippen LogP contribution < -0.4 is 0 Å². The van der Waals surface area contributed by atoms with Crippen LogP contribution in [0.4, 0.5) is 0 Å². The zero-order chi connectivity index (χ0) is 8.20. The molecule has 0 spiro atoms. The van der Waals surface area contributed by atoms with Gasteiger partial charge >= 0.3 is 9.28 Å². The third-order valence-corrected chi connectivity index (χ3v) is 2.41. The molecule has 0 aromatic rings. The molecule has 0 rings (SSSR count). The minimum absolute atomic E-state index is 0.0600. The van der Waals surface area contributed by atoms with Crippen LogP contribution in [0.2, 0.25) is 6.04 Å². The van der Waals surface area contributed by atoms with Gasteiger partial charge in [-0.1, -0.05) is 0 Å². The molecule has 0 aliphatic carbocycles. The van der Waals surface area contributed by atoms with E-state index in [1.165, 1.54) is 0 Å². The summed E-state index contributed by atoms with van der Waals surface area (Å²) in [4.78, 5) is 16.7. The first-order valence-electron chi connectivity index (χ1n) is 2.61. The number of hydrogen-bond acceptors (Lipinski definition) is 4. The van der Waals surface area contributed by atoms with Crippen molar-refractivity contribution in [2.24, 2.45) is 0 Å². The van der Waals surface area contributed by atoms with Crippen molar-refractivity contribution in [2.75, 3.05) is 5.75 Å². The fourth-order valence-corrected chi connectivity index (χ4v) is 1.67. The topological polar surface area (TPSA) is 94.8 Å². The van der Waals surface area contributed by atoms with E-state index in [-0.39, 0.29) is 12.5 Å². The molecule has 0 saturated heterocycles. The first-order chi connectivity index (χ1) is 4.42. The van der Waals surface area contributed by atoms with E-state index in [1.807, 2.05) is 0 Å². The average molecular weight is 185 g/mol. The normalized spacial score (nSPS) is 12.4. The van der Waals surface area contributed by atoms with Crippen LogP contribution in [-0.2, 0) is 10.1 Å². The fourth-order valence-electron chi connectivity index (χ4n) is 0.413. The van der Waals surface area contributed by atoms with Gasteiger partial charge in [0, 0.05) is 0 Å². The van der Waals surface area contributed by atoms with Crippen LogP contribution in [0.5, 0.6) is 0 Å². The summed E-state index contributed by atoms with van der Waals surface area (Å²) in [6.07, 6.45) is 0.0974. The summed E-state index contributed by atoms with van der Waals surface area (Å²) in [5, 5.41) is 0. The summed E-state index contributed by atoms with van der Waals surface area (Å²) in [5.41, 5.74) is 0. The third-order valence-electron chi connectivity index (χ3n) is 0.803. The molecule has 0 atom stereocenters. The zero-order valence-electron chi connectivity index (χ0n) is 5.19. The van der Waals surface area contributed by atoms with Crippen LogP contribution in [0.3, 0.4) is 0 Å². The molecule has 3 N–H and O–H groups in total. The molecule has 0 bridgehead atoms. The van der Waals surface area contributed by atoms with Crippen LogP contribution in [-0.4, -0.2) is 37.6 Å². The van der Waals surface area contributed by atoms with Crippen molar-refractivity contribution >= 4 is 19.4 Å². The van der Waals surface area contributed by atoms with Gasteiger partial charge in [-0.3, -0.25) is 4.55 Å². The zero-order valence-corrected chi connectivity index (χ0v) is 7.00. The summed E-state index contributed by atoms with van der Waals surface area (Å²) < 4.78 is 28.2. The summed E-state index contributed by atoms with van der Waals surface area (Å²) in [6.45, 7) is 0. The fraction of sp³-hybridized carbons (Fsp3) is 1.00. The Morgan fingerprint density at radius 1 is 1.30 bits per heavy atom. The molecule has 0 aromatic carbocycles. The third kappa shape index (κ3) is 8.05. The van der Waals surface area contributed by atoms with Crippen molar-refractivity contribution in [1.82, 2.24) is 0 Å². The quantitative estimate of drug-likeness (QED) is 0.375. The molecule has 0 aromatic heterocycles.